The molecular formula is C20H22N2O2. The van der Waals surface area contributed by atoms with Crippen LogP contribution in [0.15, 0.2) is 39.6 Å². The summed E-state index contributed by atoms with van der Waals surface area (Å²) in [7, 11) is 2.03. The molecule has 0 bridgehead atoms. The zero-order valence-corrected chi connectivity index (χ0v) is 14.4. The summed E-state index contributed by atoms with van der Waals surface area (Å²) in [6.45, 7) is 6.09. The maximum Gasteiger partial charge on any atom is 0.250 e. The van der Waals surface area contributed by atoms with Crippen molar-refractivity contribution in [1.29, 1.82) is 0 Å². The molecule has 24 heavy (non-hydrogen) atoms. The Hall–Kier alpha value is -2.36. The number of allylic oxidation sites excluding steroid dienone is 1. The molecule has 124 valence electrons. The van der Waals surface area contributed by atoms with Gasteiger partial charge in [-0.2, -0.15) is 0 Å². The van der Waals surface area contributed by atoms with Crippen molar-refractivity contribution in [2.24, 2.45) is 0 Å². The zero-order chi connectivity index (χ0) is 17.1. The van der Waals surface area contributed by atoms with Gasteiger partial charge in [0.15, 0.2) is 0 Å². The molecular weight excluding hydrogens is 300 g/mol. The highest BCUT2D eigenvalue weighted by atomic mass is 16.2. The Morgan fingerprint density at radius 2 is 1.71 bits per heavy atom. The number of benzene rings is 1. The molecule has 4 rings (SSSR count). The molecule has 2 aliphatic heterocycles. The van der Waals surface area contributed by atoms with E-state index in [-0.39, 0.29) is 16.3 Å². The number of hydrogen-bond acceptors (Lipinski definition) is 4. The normalized spacial score (nSPS) is 21.0. The predicted molar refractivity (Wildman–Crippen MR) is 98.6 cm³/mol. The first-order valence-electron chi connectivity index (χ1n) is 8.56. The summed E-state index contributed by atoms with van der Waals surface area (Å²) in [5, 5.41) is 0. The Labute approximate surface area is 141 Å². The van der Waals surface area contributed by atoms with Gasteiger partial charge in [0.1, 0.15) is 5.69 Å². The SMILES string of the molecule is CN1/C(=C\c2c(N3CCCC3)c(=O)c2=O)C(C)(C)c2ccccc21. The third kappa shape index (κ3) is 1.92. The van der Waals surface area contributed by atoms with E-state index < -0.39 is 0 Å². The molecule has 4 heteroatoms. The van der Waals surface area contributed by atoms with Crippen molar-refractivity contribution < 1.29 is 0 Å². The van der Waals surface area contributed by atoms with Crippen LogP contribution in [0, 0.1) is 0 Å². The van der Waals surface area contributed by atoms with Crippen LogP contribution in [0.1, 0.15) is 37.8 Å². The second-order valence-corrected chi connectivity index (χ2v) is 7.35. The van der Waals surface area contributed by atoms with E-state index in [9.17, 15) is 9.59 Å². The largest absolute Gasteiger partial charge is 0.368 e. The Morgan fingerprint density at radius 1 is 1.04 bits per heavy atom. The molecule has 0 spiro atoms. The Balaban J connectivity index is 1.82. The minimum atomic E-state index is -0.343. The van der Waals surface area contributed by atoms with Crippen LogP contribution < -0.4 is 20.7 Å². The number of para-hydroxylation sites is 1. The highest BCUT2D eigenvalue weighted by Crippen LogP contribution is 2.47. The van der Waals surface area contributed by atoms with Gasteiger partial charge < -0.3 is 9.80 Å². The summed E-state index contributed by atoms with van der Waals surface area (Å²) in [4.78, 5) is 28.5. The third-order valence-corrected chi connectivity index (χ3v) is 5.56. The molecule has 1 fully saturated rings. The summed E-state index contributed by atoms with van der Waals surface area (Å²) < 4.78 is 0. The first kappa shape index (κ1) is 15.2. The van der Waals surface area contributed by atoms with Crippen molar-refractivity contribution in [2.45, 2.75) is 32.1 Å². The molecule has 0 saturated carbocycles. The highest BCUT2D eigenvalue weighted by molar-refractivity contribution is 5.80. The fraction of sp³-hybridized carbons (Fsp3) is 0.400. The van der Waals surface area contributed by atoms with Crippen LogP contribution >= 0.6 is 0 Å². The van der Waals surface area contributed by atoms with Crippen molar-refractivity contribution in [2.75, 3.05) is 29.9 Å². The van der Waals surface area contributed by atoms with Crippen molar-refractivity contribution in [3.63, 3.8) is 0 Å². The van der Waals surface area contributed by atoms with E-state index in [4.69, 9.17) is 0 Å². The topological polar surface area (TPSA) is 40.6 Å². The van der Waals surface area contributed by atoms with E-state index in [1.54, 1.807) is 0 Å². The fourth-order valence-electron chi connectivity index (χ4n) is 4.18. The minimum Gasteiger partial charge on any atom is -0.368 e. The lowest BCUT2D eigenvalue weighted by Crippen LogP contribution is -2.42. The van der Waals surface area contributed by atoms with E-state index >= 15 is 0 Å². The van der Waals surface area contributed by atoms with Crippen LogP contribution in [0.4, 0.5) is 11.4 Å². The van der Waals surface area contributed by atoms with Crippen LogP contribution in [0.3, 0.4) is 0 Å². The van der Waals surface area contributed by atoms with Crippen molar-refractivity contribution in [1.82, 2.24) is 0 Å². The molecule has 0 radical (unpaired) electrons. The monoisotopic (exact) mass is 322 g/mol. The summed E-state index contributed by atoms with van der Waals surface area (Å²) in [6.07, 6.45) is 4.12. The molecule has 0 atom stereocenters. The molecule has 0 aromatic heterocycles. The smallest absolute Gasteiger partial charge is 0.250 e. The summed E-state index contributed by atoms with van der Waals surface area (Å²) >= 11 is 0. The lowest BCUT2D eigenvalue weighted by atomic mass is 9.83. The predicted octanol–water partition coefficient (Wildman–Crippen LogP) is 2.65. The van der Waals surface area contributed by atoms with Gasteiger partial charge >= 0.3 is 0 Å². The fourth-order valence-corrected chi connectivity index (χ4v) is 4.18. The molecule has 2 aromatic carbocycles. The van der Waals surface area contributed by atoms with Gasteiger partial charge in [0.2, 0.25) is 10.9 Å². The number of fused-ring (bicyclic) bond motifs is 1. The number of hydrogen-bond donors (Lipinski definition) is 0. The van der Waals surface area contributed by atoms with Crippen LogP contribution in [0.5, 0.6) is 0 Å². The first-order chi connectivity index (χ1) is 11.4. The lowest BCUT2D eigenvalue weighted by Gasteiger charge is -2.26. The maximum absolute atomic E-state index is 12.2. The molecule has 1 saturated heterocycles. The third-order valence-electron chi connectivity index (χ3n) is 5.56. The molecule has 2 aromatic rings. The van der Waals surface area contributed by atoms with E-state index in [2.05, 4.69) is 35.8 Å². The lowest BCUT2D eigenvalue weighted by molar-refractivity contribution is 0.645. The number of anilines is 2. The average molecular weight is 322 g/mol. The Morgan fingerprint density at radius 3 is 2.38 bits per heavy atom. The second kappa shape index (κ2) is 5.07. The van der Waals surface area contributed by atoms with Crippen LogP contribution in [-0.4, -0.2) is 20.1 Å². The quantitative estimate of drug-likeness (QED) is 0.797. The number of nitrogens with zero attached hydrogens (tertiary/aromatic N) is 2. The van der Waals surface area contributed by atoms with E-state index in [0.717, 1.165) is 37.3 Å². The van der Waals surface area contributed by atoms with Crippen LogP contribution in [-0.2, 0) is 5.41 Å². The number of rotatable bonds is 2. The zero-order valence-electron chi connectivity index (χ0n) is 14.4. The molecule has 2 aliphatic rings. The molecule has 2 heterocycles. The minimum absolute atomic E-state index is 0.187. The van der Waals surface area contributed by atoms with E-state index in [1.807, 2.05) is 25.3 Å². The first-order valence-corrected chi connectivity index (χ1v) is 8.56. The average Bonchev–Trinajstić information content (AvgIpc) is 3.15. The van der Waals surface area contributed by atoms with Gasteiger partial charge in [0, 0.05) is 36.9 Å². The summed E-state index contributed by atoms with van der Waals surface area (Å²) in [5.41, 5.74) is 3.85. The van der Waals surface area contributed by atoms with E-state index in [0.29, 0.717) is 11.3 Å². The molecule has 0 aliphatic carbocycles. The Kier molecular flexibility index (Phi) is 3.21. The van der Waals surface area contributed by atoms with Gasteiger partial charge in [-0.15, -0.1) is 0 Å². The van der Waals surface area contributed by atoms with Crippen molar-refractivity contribution >= 4 is 17.5 Å². The molecule has 0 amide bonds. The summed E-state index contributed by atoms with van der Waals surface area (Å²) in [5.74, 6) is 0. The van der Waals surface area contributed by atoms with E-state index in [1.165, 1.54) is 5.56 Å². The second-order valence-electron chi connectivity index (χ2n) is 7.35. The Bertz CT molecular complexity index is 910. The van der Waals surface area contributed by atoms with Crippen LogP contribution in [0.25, 0.3) is 6.08 Å². The van der Waals surface area contributed by atoms with Gasteiger partial charge in [-0.05, 0) is 30.5 Å². The van der Waals surface area contributed by atoms with Crippen molar-refractivity contribution in [3.05, 3.63) is 61.5 Å². The van der Waals surface area contributed by atoms with Gasteiger partial charge in [0.05, 0.1) is 5.56 Å². The molecule has 0 N–H and O–H groups in total. The van der Waals surface area contributed by atoms with Gasteiger partial charge in [-0.3, -0.25) is 9.59 Å². The van der Waals surface area contributed by atoms with Gasteiger partial charge in [0.25, 0.3) is 0 Å². The highest BCUT2D eigenvalue weighted by Gasteiger charge is 2.39. The molecule has 4 nitrogen and oxygen atoms in total. The maximum atomic E-state index is 12.2. The van der Waals surface area contributed by atoms with Gasteiger partial charge in [-0.1, -0.05) is 32.0 Å². The standard InChI is InChI=1S/C20H22N2O2/c1-20(2)14-8-4-5-9-15(14)21(3)16(20)12-13-17(19(24)18(13)23)22-10-6-7-11-22/h4-5,8-9,12H,6-7,10-11H2,1-3H3/b16-12-. The summed E-state index contributed by atoms with van der Waals surface area (Å²) in [6, 6.07) is 8.31. The van der Waals surface area contributed by atoms with Gasteiger partial charge in [-0.25, -0.2) is 0 Å². The molecule has 0 unspecified atom stereocenters. The number of likely N-dealkylation sites (N-methyl/N-ethyl adjacent to an activating group) is 1. The van der Waals surface area contributed by atoms with Crippen LogP contribution in [0.2, 0.25) is 0 Å². The van der Waals surface area contributed by atoms with Crippen molar-refractivity contribution in [3.8, 4) is 0 Å².